The molecule has 0 aromatic carbocycles. The van der Waals surface area contributed by atoms with Crippen LogP contribution >= 0.6 is 22.9 Å². The summed E-state index contributed by atoms with van der Waals surface area (Å²) in [6.45, 7) is 1.15. The second-order valence-corrected chi connectivity index (χ2v) is 6.31. The van der Waals surface area contributed by atoms with Gasteiger partial charge in [-0.2, -0.15) is 0 Å². The third-order valence-corrected chi connectivity index (χ3v) is 4.49. The zero-order chi connectivity index (χ0) is 13.0. The zero-order valence-electron chi connectivity index (χ0n) is 10.1. The molecular formula is C12H18ClN3OS. The lowest BCUT2D eigenvalue weighted by Gasteiger charge is -2.25. The molecule has 1 aliphatic carbocycles. The van der Waals surface area contributed by atoms with Gasteiger partial charge in [0.1, 0.15) is 6.10 Å². The van der Waals surface area contributed by atoms with Gasteiger partial charge in [-0.3, -0.25) is 4.99 Å². The van der Waals surface area contributed by atoms with Crippen molar-refractivity contribution in [2.75, 3.05) is 13.1 Å². The third kappa shape index (κ3) is 3.86. The van der Waals surface area contributed by atoms with Crippen molar-refractivity contribution in [3.63, 3.8) is 0 Å². The summed E-state index contributed by atoms with van der Waals surface area (Å²) < 4.78 is 0.670. The van der Waals surface area contributed by atoms with Crippen LogP contribution in [0.3, 0.4) is 0 Å². The fraction of sp³-hybridized carbons (Fsp3) is 0.583. The van der Waals surface area contributed by atoms with Crippen LogP contribution in [0.15, 0.2) is 17.1 Å². The number of aliphatic hydroxyl groups is 1. The highest BCUT2D eigenvalue weighted by molar-refractivity contribution is 7.16. The molecule has 1 heterocycles. The Morgan fingerprint density at radius 1 is 1.61 bits per heavy atom. The molecule has 1 aromatic heterocycles. The summed E-state index contributed by atoms with van der Waals surface area (Å²) in [4.78, 5) is 4.95. The van der Waals surface area contributed by atoms with Gasteiger partial charge in [-0.05, 0) is 30.9 Å². The minimum Gasteiger partial charge on any atom is -0.386 e. The predicted octanol–water partition coefficient (Wildman–Crippen LogP) is 2.14. The summed E-state index contributed by atoms with van der Waals surface area (Å²) in [5, 5.41) is 13.0. The van der Waals surface area contributed by atoms with Crippen molar-refractivity contribution in [1.82, 2.24) is 5.32 Å². The Bertz CT molecular complexity index is 417. The molecule has 0 aliphatic heterocycles. The van der Waals surface area contributed by atoms with Crippen molar-refractivity contribution in [2.24, 2.45) is 16.6 Å². The highest BCUT2D eigenvalue weighted by Gasteiger charge is 2.17. The molecule has 0 saturated heterocycles. The number of hydrogen-bond acceptors (Lipinski definition) is 3. The van der Waals surface area contributed by atoms with Crippen LogP contribution in [-0.4, -0.2) is 24.2 Å². The first-order valence-electron chi connectivity index (χ1n) is 6.12. The maximum Gasteiger partial charge on any atom is 0.188 e. The summed E-state index contributed by atoms with van der Waals surface area (Å²) in [5.74, 6) is 1.14. The minimum absolute atomic E-state index is 0.264. The molecule has 0 bridgehead atoms. The quantitative estimate of drug-likeness (QED) is 0.574. The van der Waals surface area contributed by atoms with Gasteiger partial charge in [0.2, 0.25) is 0 Å². The number of rotatable bonds is 5. The first-order valence-corrected chi connectivity index (χ1v) is 7.31. The van der Waals surface area contributed by atoms with E-state index in [1.807, 2.05) is 6.07 Å². The fourth-order valence-corrected chi connectivity index (χ4v) is 2.82. The third-order valence-electron chi connectivity index (χ3n) is 3.15. The lowest BCUT2D eigenvalue weighted by atomic mass is 9.85. The Kier molecular flexibility index (Phi) is 4.86. The van der Waals surface area contributed by atoms with E-state index < -0.39 is 6.10 Å². The number of aliphatic imine (C=N–C) groups is 1. The Hall–Kier alpha value is -0.780. The summed E-state index contributed by atoms with van der Waals surface area (Å²) in [6, 6.07) is 3.58. The fourth-order valence-electron chi connectivity index (χ4n) is 1.78. The van der Waals surface area contributed by atoms with E-state index in [0.29, 0.717) is 10.3 Å². The van der Waals surface area contributed by atoms with Crippen LogP contribution in [0.1, 0.15) is 30.2 Å². The van der Waals surface area contributed by atoms with Crippen molar-refractivity contribution < 1.29 is 5.11 Å². The van der Waals surface area contributed by atoms with Crippen LogP contribution in [0.5, 0.6) is 0 Å². The van der Waals surface area contributed by atoms with E-state index in [4.69, 9.17) is 17.3 Å². The van der Waals surface area contributed by atoms with Gasteiger partial charge in [0.05, 0.1) is 10.9 Å². The molecule has 4 nitrogen and oxygen atoms in total. The highest BCUT2D eigenvalue weighted by atomic mass is 35.5. The van der Waals surface area contributed by atoms with Crippen molar-refractivity contribution in [2.45, 2.75) is 25.4 Å². The molecule has 4 N–H and O–H groups in total. The molecule has 1 aliphatic rings. The van der Waals surface area contributed by atoms with E-state index in [0.717, 1.165) is 17.3 Å². The average molecular weight is 288 g/mol. The number of nitrogens with one attached hydrogen (secondary N) is 1. The van der Waals surface area contributed by atoms with E-state index in [2.05, 4.69) is 10.3 Å². The van der Waals surface area contributed by atoms with Gasteiger partial charge >= 0.3 is 0 Å². The van der Waals surface area contributed by atoms with Gasteiger partial charge in [-0.15, -0.1) is 11.3 Å². The molecule has 0 radical (unpaired) electrons. The normalized spacial score (nSPS) is 18.4. The Morgan fingerprint density at radius 3 is 2.94 bits per heavy atom. The second-order valence-electron chi connectivity index (χ2n) is 4.56. The zero-order valence-corrected chi connectivity index (χ0v) is 11.7. The van der Waals surface area contributed by atoms with Gasteiger partial charge in [0.25, 0.3) is 0 Å². The lowest BCUT2D eigenvalue weighted by Crippen LogP contribution is -2.37. The predicted molar refractivity (Wildman–Crippen MR) is 76.1 cm³/mol. The highest BCUT2D eigenvalue weighted by Crippen LogP contribution is 2.27. The maximum absolute atomic E-state index is 9.88. The van der Waals surface area contributed by atoms with E-state index in [9.17, 15) is 5.11 Å². The van der Waals surface area contributed by atoms with Crippen LogP contribution in [0.25, 0.3) is 0 Å². The van der Waals surface area contributed by atoms with Gasteiger partial charge in [-0.25, -0.2) is 0 Å². The van der Waals surface area contributed by atoms with E-state index in [-0.39, 0.29) is 6.54 Å². The summed E-state index contributed by atoms with van der Waals surface area (Å²) in [5.41, 5.74) is 5.74. The first kappa shape index (κ1) is 13.6. The van der Waals surface area contributed by atoms with Crippen LogP contribution in [-0.2, 0) is 0 Å². The molecule has 100 valence electrons. The molecule has 1 aromatic rings. The summed E-state index contributed by atoms with van der Waals surface area (Å²) >= 11 is 7.17. The lowest BCUT2D eigenvalue weighted by molar-refractivity contribution is 0.191. The number of hydrogen-bond donors (Lipinski definition) is 3. The smallest absolute Gasteiger partial charge is 0.188 e. The molecule has 1 saturated carbocycles. The standard InChI is InChI=1S/C12H18ClN3OS/c13-11-5-4-10(18-11)9(17)7-16-12(14)15-6-8-2-1-3-8/h4-5,8-9,17H,1-3,6-7H2,(H3,14,15,16). The van der Waals surface area contributed by atoms with Gasteiger partial charge < -0.3 is 16.2 Å². The Morgan fingerprint density at radius 2 is 2.39 bits per heavy atom. The Balaban J connectivity index is 1.74. The number of guanidine groups is 1. The molecule has 2 rings (SSSR count). The Labute approximate surface area is 116 Å². The second kappa shape index (κ2) is 6.41. The van der Waals surface area contributed by atoms with Crippen molar-refractivity contribution >= 4 is 28.9 Å². The van der Waals surface area contributed by atoms with E-state index >= 15 is 0 Å². The van der Waals surface area contributed by atoms with Crippen LogP contribution in [0.4, 0.5) is 0 Å². The first-order chi connectivity index (χ1) is 8.65. The molecule has 1 atom stereocenters. The molecule has 1 fully saturated rings. The van der Waals surface area contributed by atoms with Crippen LogP contribution < -0.4 is 11.1 Å². The molecule has 0 amide bonds. The van der Waals surface area contributed by atoms with Gasteiger partial charge in [0, 0.05) is 11.4 Å². The SMILES string of the molecule is NC(=NCC(O)c1ccc(Cl)s1)NCC1CCC1. The summed E-state index contributed by atoms with van der Waals surface area (Å²) in [6.07, 6.45) is 3.24. The van der Waals surface area contributed by atoms with Crippen LogP contribution in [0, 0.1) is 5.92 Å². The van der Waals surface area contributed by atoms with Crippen LogP contribution in [0.2, 0.25) is 4.34 Å². The number of nitrogens with zero attached hydrogens (tertiary/aromatic N) is 1. The molecule has 1 unspecified atom stereocenters. The summed E-state index contributed by atoms with van der Waals surface area (Å²) in [7, 11) is 0. The monoisotopic (exact) mass is 287 g/mol. The molecule has 0 spiro atoms. The van der Waals surface area contributed by atoms with Gasteiger partial charge in [-0.1, -0.05) is 18.0 Å². The average Bonchev–Trinajstić information content (AvgIpc) is 2.70. The van der Waals surface area contributed by atoms with Crippen molar-refractivity contribution in [1.29, 1.82) is 0 Å². The number of aliphatic hydroxyl groups excluding tert-OH is 1. The molecular weight excluding hydrogens is 270 g/mol. The topological polar surface area (TPSA) is 70.6 Å². The maximum atomic E-state index is 9.88. The molecule has 6 heteroatoms. The largest absolute Gasteiger partial charge is 0.386 e. The number of nitrogens with two attached hydrogens (primary N) is 1. The van der Waals surface area contributed by atoms with Crippen molar-refractivity contribution in [3.8, 4) is 0 Å². The van der Waals surface area contributed by atoms with E-state index in [1.165, 1.54) is 30.6 Å². The minimum atomic E-state index is -0.633. The molecule has 18 heavy (non-hydrogen) atoms. The van der Waals surface area contributed by atoms with Crippen molar-refractivity contribution in [3.05, 3.63) is 21.3 Å². The van der Waals surface area contributed by atoms with E-state index in [1.54, 1.807) is 6.07 Å². The van der Waals surface area contributed by atoms with Gasteiger partial charge in [0.15, 0.2) is 5.96 Å². The number of halogens is 1. The number of thiophene rings is 1.